The van der Waals surface area contributed by atoms with Gasteiger partial charge in [-0.05, 0) is 38.0 Å². The lowest BCUT2D eigenvalue weighted by atomic mass is 9.97. The Labute approximate surface area is 67.5 Å². The summed E-state index contributed by atoms with van der Waals surface area (Å²) in [5.41, 5.74) is 6.97. The number of hydrogen-bond donors (Lipinski definition) is 1. The second-order valence-corrected chi connectivity index (χ2v) is 3.52. The minimum atomic E-state index is -0.124. The maximum atomic E-state index is 5.85. The molecule has 0 bridgehead atoms. The standard InChI is InChI=1S/C9H14N2/c1-9(2,10)7-8-3-5-11-6-4-8/h3-6H,7,10H2,1-2H3. The fourth-order valence-corrected chi connectivity index (χ4v) is 1.03. The topological polar surface area (TPSA) is 38.9 Å². The highest BCUT2D eigenvalue weighted by Gasteiger charge is 2.10. The monoisotopic (exact) mass is 150 g/mol. The summed E-state index contributed by atoms with van der Waals surface area (Å²) in [6.45, 7) is 4.04. The molecule has 0 aromatic carbocycles. The van der Waals surface area contributed by atoms with Gasteiger partial charge in [0.05, 0.1) is 0 Å². The Kier molecular flexibility index (Phi) is 2.25. The van der Waals surface area contributed by atoms with Crippen LogP contribution in [0, 0.1) is 0 Å². The van der Waals surface area contributed by atoms with Gasteiger partial charge in [0.1, 0.15) is 0 Å². The van der Waals surface area contributed by atoms with Crippen LogP contribution in [0.15, 0.2) is 24.5 Å². The smallest absolute Gasteiger partial charge is 0.0270 e. The molecule has 0 unspecified atom stereocenters. The van der Waals surface area contributed by atoms with Gasteiger partial charge in [0.25, 0.3) is 0 Å². The van der Waals surface area contributed by atoms with Crippen LogP contribution in [0.1, 0.15) is 19.4 Å². The van der Waals surface area contributed by atoms with Crippen molar-refractivity contribution >= 4 is 0 Å². The van der Waals surface area contributed by atoms with Gasteiger partial charge in [-0.1, -0.05) is 0 Å². The molecule has 0 amide bonds. The first kappa shape index (κ1) is 8.21. The SMILES string of the molecule is CC(C)(N)Cc1ccncc1. The highest BCUT2D eigenvalue weighted by Crippen LogP contribution is 2.07. The third-order valence-corrected chi connectivity index (χ3v) is 1.41. The summed E-state index contributed by atoms with van der Waals surface area (Å²) in [6, 6.07) is 3.99. The van der Waals surface area contributed by atoms with Crippen molar-refractivity contribution < 1.29 is 0 Å². The van der Waals surface area contributed by atoms with Gasteiger partial charge < -0.3 is 5.73 Å². The summed E-state index contributed by atoms with van der Waals surface area (Å²) in [5.74, 6) is 0. The van der Waals surface area contributed by atoms with E-state index >= 15 is 0 Å². The first-order valence-electron chi connectivity index (χ1n) is 3.76. The van der Waals surface area contributed by atoms with Gasteiger partial charge in [0.2, 0.25) is 0 Å². The van der Waals surface area contributed by atoms with E-state index in [2.05, 4.69) is 4.98 Å². The van der Waals surface area contributed by atoms with Gasteiger partial charge in [-0.3, -0.25) is 4.98 Å². The summed E-state index contributed by atoms with van der Waals surface area (Å²) >= 11 is 0. The second kappa shape index (κ2) is 3.01. The van der Waals surface area contributed by atoms with Crippen LogP contribution in [0.2, 0.25) is 0 Å². The van der Waals surface area contributed by atoms with Crippen LogP contribution in [0.4, 0.5) is 0 Å². The molecule has 60 valence electrons. The number of pyridine rings is 1. The van der Waals surface area contributed by atoms with Crippen molar-refractivity contribution in [2.24, 2.45) is 5.73 Å². The van der Waals surface area contributed by atoms with Gasteiger partial charge in [-0.2, -0.15) is 0 Å². The normalized spacial score (nSPS) is 11.5. The molecule has 1 heterocycles. The van der Waals surface area contributed by atoms with Gasteiger partial charge in [-0.25, -0.2) is 0 Å². The van der Waals surface area contributed by atoms with E-state index in [9.17, 15) is 0 Å². The van der Waals surface area contributed by atoms with E-state index in [1.165, 1.54) is 5.56 Å². The van der Waals surface area contributed by atoms with Crippen molar-refractivity contribution in [1.29, 1.82) is 0 Å². The van der Waals surface area contributed by atoms with E-state index < -0.39 is 0 Å². The Hall–Kier alpha value is -0.890. The summed E-state index contributed by atoms with van der Waals surface area (Å²) in [5, 5.41) is 0. The molecule has 11 heavy (non-hydrogen) atoms. The Morgan fingerprint density at radius 1 is 1.36 bits per heavy atom. The van der Waals surface area contributed by atoms with Gasteiger partial charge in [0.15, 0.2) is 0 Å². The first-order chi connectivity index (χ1) is 5.08. The van der Waals surface area contributed by atoms with Crippen molar-refractivity contribution in [2.45, 2.75) is 25.8 Å². The average molecular weight is 150 g/mol. The molecule has 1 aromatic rings. The molecule has 2 N–H and O–H groups in total. The zero-order chi connectivity index (χ0) is 8.32. The molecule has 0 aliphatic heterocycles. The molecule has 0 saturated heterocycles. The molecule has 2 nitrogen and oxygen atoms in total. The zero-order valence-electron chi connectivity index (χ0n) is 7.04. The van der Waals surface area contributed by atoms with E-state index in [1.807, 2.05) is 26.0 Å². The lowest BCUT2D eigenvalue weighted by Gasteiger charge is -2.17. The van der Waals surface area contributed by atoms with Crippen LogP contribution in [-0.4, -0.2) is 10.5 Å². The minimum absolute atomic E-state index is 0.124. The quantitative estimate of drug-likeness (QED) is 0.691. The van der Waals surface area contributed by atoms with Crippen LogP contribution < -0.4 is 5.73 Å². The van der Waals surface area contributed by atoms with E-state index in [-0.39, 0.29) is 5.54 Å². The largest absolute Gasteiger partial charge is 0.325 e. The second-order valence-electron chi connectivity index (χ2n) is 3.52. The highest BCUT2D eigenvalue weighted by molar-refractivity contribution is 5.12. The molecule has 0 saturated carbocycles. The van der Waals surface area contributed by atoms with E-state index in [0.717, 1.165) is 6.42 Å². The van der Waals surface area contributed by atoms with Crippen molar-refractivity contribution in [3.05, 3.63) is 30.1 Å². The molecule has 0 spiro atoms. The lowest BCUT2D eigenvalue weighted by Crippen LogP contribution is -2.34. The van der Waals surface area contributed by atoms with Gasteiger partial charge >= 0.3 is 0 Å². The fourth-order valence-electron chi connectivity index (χ4n) is 1.03. The molecular formula is C9H14N2. The van der Waals surface area contributed by atoms with Crippen molar-refractivity contribution in [3.63, 3.8) is 0 Å². The number of hydrogen-bond acceptors (Lipinski definition) is 2. The summed E-state index contributed by atoms with van der Waals surface area (Å²) in [6.07, 6.45) is 4.48. The molecule has 2 heteroatoms. The van der Waals surface area contributed by atoms with Crippen molar-refractivity contribution in [2.75, 3.05) is 0 Å². The number of nitrogens with zero attached hydrogens (tertiary/aromatic N) is 1. The Bertz CT molecular complexity index is 211. The molecule has 1 aromatic heterocycles. The number of aromatic nitrogens is 1. The molecule has 0 aliphatic carbocycles. The molecule has 0 atom stereocenters. The Morgan fingerprint density at radius 2 is 1.91 bits per heavy atom. The molecule has 0 fully saturated rings. The maximum Gasteiger partial charge on any atom is 0.0270 e. The van der Waals surface area contributed by atoms with Crippen LogP contribution in [0.25, 0.3) is 0 Å². The first-order valence-corrected chi connectivity index (χ1v) is 3.76. The molecule has 0 aliphatic rings. The van der Waals surface area contributed by atoms with Crippen LogP contribution >= 0.6 is 0 Å². The third kappa shape index (κ3) is 3.14. The predicted octanol–water partition coefficient (Wildman–Crippen LogP) is 1.36. The minimum Gasteiger partial charge on any atom is -0.325 e. The van der Waals surface area contributed by atoms with Gasteiger partial charge in [-0.15, -0.1) is 0 Å². The lowest BCUT2D eigenvalue weighted by molar-refractivity contribution is 0.516. The summed E-state index contributed by atoms with van der Waals surface area (Å²) in [4.78, 5) is 3.93. The fraction of sp³-hybridized carbons (Fsp3) is 0.444. The number of nitrogens with two attached hydrogens (primary N) is 1. The average Bonchev–Trinajstić information content (AvgIpc) is 1.85. The Morgan fingerprint density at radius 3 is 2.36 bits per heavy atom. The molecular weight excluding hydrogens is 136 g/mol. The maximum absolute atomic E-state index is 5.85. The summed E-state index contributed by atoms with van der Waals surface area (Å²) in [7, 11) is 0. The van der Waals surface area contributed by atoms with Gasteiger partial charge in [0, 0.05) is 17.9 Å². The summed E-state index contributed by atoms with van der Waals surface area (Å²) < 4.78 is 0. The molecule has 1 rings (SSSR count). The van der Waals surface area contributed by atoms with E-state index in [0.29, 0.717) is 0 Å². The van der Waals surface area contributed by atoms with Crippen LogP contribution in [0.3, 0.4) is 0 Å². The van der Waals surface area contributed by atoms with E-state index in [4.69, 9.17) is 5.73 Å². The molecule has 0 radical (unpaired) electrons. The van der Waals surface area contributed by atoms with Crippen molar-refractivity contribution in [3.8, 4) is 0 Å². The zero-order valence-corrected chi connectivity index (χ0v) is 7.04. The number of rotatable bonds is 2. The Balaban J connectivity index is 2.66. The highest BCUT2D eigenvalue weighted by atomic mass is 14.7. The van der Waals surface area contributed by atoms with Crippen LogP contribution in [-0.2, 0) is 6.42 Å². The van der Waals surface area contributed by atoms with E-state index in [1.54, 1.807) is 12.4 Å². The predicted molar refractivity (Wildman–Crippen MR) is 46.2 cm³/mol. The van der Waals surface area contributed by atoms with Crippen molar-refractivity contribution in [1.82, 2.24) is 4.98 Å². The van der Waals surface area contributed by atoms with Crippen LogP contribution in [0.5, 0.6) is 0 Å². The third-order valence-electron chi connectivity index (χ3n) is 1.41.